The van der Waals surface area contributed by atoms with Gasteiger partial charge in [0.1, 0.15) is 0 Å². The van der Waals surface area contributed by atoms with Crippen LogP contribution < -0.4 is 11.1 Å². The molecule has 0 bridgehead atoms. The molecule has 4 nitrogen and oxygen atoms in total. The number of nitrogens with two attached hydrogens (primary N) is 1. The molecule has 1 aliphatic rings. The van der Waals surface area contributed by atoms with Crippen molar-refractivity contribution in [2.75, 3.05) is 25.9 Å². The topological polar surface area (TPSA) is 58.4 Å². The second-order valence-corrected chi connectivity index (χ2v) is 6.89. The van der Waals surface area contributed by atoms with Crippen LogP contribution in [0.25, 0.3) is 0 Å². The Kier molecular flexibility index (Phi) is 5.61. The maximum Gasteiger partial charge on any atom is 0.231 e. The molecule has 3 N–H and O–H groups in total. The van der Waals surface area contributed by atoms with Crippen molar-refractivity contribution >= 4 is 34.9 Å². The molecule has 2 rings (SSSR count). The molecule has 6 heteroatoms. The zero-order chi connectivity index (χ0) is 15.3. The standard InChI is InChI=1S/C15H21N3OS2/c1-18-9-7-15(8-10-18,14(16)20)17-13(19)11-21-12-5-3-2-4-6-12/h2-6H,7-11H2,1H3,(H2,16,20)(H,17,19). The lowest BCUT2D eigenvalue weighted by Crippen LogP contribution is -2.61. The van der Waals surface area contributed by atoms with Gasteiger partial charge in [0.05, 0.1) is 16.3 Å². The lowest BCUT2D eigenvalue weighted by Gasteiger charge is -2.40. The molecule has 1 aromatic carbocycles. The Balaban J connectivity index is 1.91. The first-order valence-electron chi connectivity index (χ1n) is 6.99. The van der Waals surface area contributed by atoms with Crippen LogP contribution in [0.3, 0.4) is 0 Å². The minimum Gasteiger partial charge on any atom is -0.391 e. The van der Waals surface area contributed by atoms with Gasteiger partial charge in [-0.3, -0.25) is 4.79 Å². The molecule has 0 atom stereocenters. The van der Waals surface area contributed by atoms with Gasteiger partial charge in [-0.1, -0.05) is 30.4 Å². The van der Waals surface area contributed by atoms with Gasteiger partial charge >= 0.3 is 0 Å². The van der Waals surface area contributed by atoms with Gasteiger partial charge in [-0.15, -0.1) is 11.8 Å². The van der Waals surface area contributed by atoms with Gasteiger partial charge in [-0.2, -0.15) is 0 Å². The van der Waals surface area contributed by atoms with Crippen LogP contribution in [0.5, 0.6) is 0 Å². The van der Waals surface area contributed by atoms with Crippen molar-refractivity contribution in [1.82, 2.24) is 10.2 Å². The Morgan fingerprint density at radius 3 is 2.57 bits per heavy atom. The number of amides is 1. The van der Waals surface area contributed by atoms with Crippen LogP contribution in [0.2, 0.25) is 0 Å². The summed E-state index contributed by atoms with van der Waals surface area (Å²) in [5, 5.41) is 3.07. The summed E-state index contributed by atoms with van der Waals surface area (Å²) in [6.45, 7) is 1.78. The molecular weight excluding hydrogens is 302 g/mol. The summed E-state index contributed by atoms with van der Waals surface area (Å²) in [6.07, 6.45) is 1.56. The van der Waals surface area contributed by atoms with E-state index in [-0.39, 0.29) is 5.91 Å². The highest BCUT2D eigenvalue weighted by atomic mass is 32.2. The van der Waals surface area contributed by atoms with E-state index in [9.17, 15) is 4.79 Å². The number of benzene rings is 1. The first kappa shape index (κ1) is 16.3. The molecule has 0 unspecified atom stereocenters. The lowest BCUT2D eigenvalue weighted by atomic mass is 9.87. The highest BCUT2D eigenvalue weighted by Crippen LogP contribution is 2.23. The van der Waals surface area contributed by atoms with Gasteiger partial charge in [0.2, 0.25) is 5.91 Å². The normalized spacial score (nSPS) is 18.1. The predicted molar refractivity (Wildman–Crippen MR) is 91.6 cm³/mol. The maximum absolute atomic E-state index is 12.2. The van der Waals surface area contributed by atoms with Crippen LogP contribution in [0, 0.1) is 0 Å². The number of nitrogens with zero attached hydrogens (tertiary/aromatic N) is 1. The molecule has 1 aliphatic heterocycles. The summed E-state index contributed by atoms with van der Waals surface area (Å²) in [4.78, 5) is 15.9. The average Bonchev–Trinajstić information content (AvgIpc) is 2.48. The van der Waals surface area contributed by atoms with E-state index in [4.69, 9.17) is 18.0 Å². The van der Waals surface area contributed by atoms with Crippen LogP contribution in [0.1, 0.15) is 12.8 Å². The number of rotatable bonds is 5. The van der Waals surface area contributed by atoms with Crippen LogP contribution in [0.15, 0.2) is 35.2 Å². The number of thiocarbonyl (C=S) groups is 1. The fourth-order valence-electron chi connectivity index (χ4n) is 2.40. The number of carbonyl (C=O) groups is 1. The summed E-state index contributed by atoms with van der Waals surface area (Å²) >= 11 is 6.72. The van der Waals surface area contributed by atoms with Crippen molar-refractivity contribution in [2.24, 2.45) is 5.73 Å². The molecule has 0 aliphatic carbocycles. The van der Waals surface area contributed by atoms with E-state index < -0.39 is 5.54 Å². The van der Waals surface area contributed by atoms with Gasteiger partial charge < -0.3 is 16.0 Å². The highest BCUT2D eigenvalue weighted by Gasteiger charge is 2.37. The number of hydrogen-bond donors (Lipinski definition) is 2. The van der Waals surface area contributed by atoms with Gasteiger partial charge in [0.25, 0.3) is 0 Å². The molecular formula is C15H21N3OS2. The summed E-state index contributed by atoms with van der Waals surface area (Å²) < 4.78 is 0. The quantitative estimate of drug-likeness (QED) is 0.637. The molecule has 0 saturated carbocycles. The minimum atomic E-state index is -0.518. The number of carbonyl (C=O) groups excluding carboxylic acids is 1. The number of hydrogen-bond acceptors (Lipinski definition) is 4. The van der Waals surface area contributed by atoms with Crippen molar-refractivity contribution in [3.8, 4) is 0 Å². The van der Waals surface area contributed by atoms with Crippen LogP contribution in [-0.2, 0) is 4.79 Å². The van der Waals surface area contributed by atoms with Crippen molar-refractivity contribution in [2.45, 2.75) is 23.3 Å². The van der Waals surface area contributed by atoms with Gasteiger partial charge in [-0.05, 0) is 32.0 Å². The molecule has 0 spiro atoms. The molecule has 0 aromatic heterocycles. The number of likely N-dealkylation sites (tertiary alicyclic amines) is 1. The van der Waals surface area contributed by atoms with E-state index in [2.05, 4.69) is 17.3 Å². The molecule has 114 valence electrons. The number of thioether (sulfide) groups is 1. The third kappa shape index (κ3) is 4.43. The molecule has 1 saturated heterocycles. The van der Waals surface area contributed by atoms with Crippen LogP contribution in [-0.4, -0.2) is 47.2 Å². The van der Waals surface area contributed by atoms with Crippen molar-refractivity contribution in [1.29, 1.82) is 0 Å². The molecule has 21 heavy (non-hydrogen) atoms. The molecule has 1 heterocycles. The fraction of sp³-hybridized carbons (Fsp3) is 0.467. The van der Waals surface area contributed by atoms with Crippen molar-refractivity contribution in [3.63, 3.8) is 0 Å². The second kappa shape index (κ2) is 7.24. The Hall–Kier alpha value is -1.11. The van der Waals surface area contributed by atoms with Crippen molar-refractivity contribution in [3.05, 3.63) is 30.3 Å². The van der Waals surface area contributed by atoms with Gasteiger partial charge in [0, 0.05) is 18.0 Å². The number of nitrogens with one attached hydrogen (secondary N) is 1. The zero-order valence-corrected chi connectivity index (χ0v) is 13.8. The monoisotopic (exact) mass is 323 g/mol. The lowest BCUT2D eigenvalue weighted by molar-refractivity contribution is -0.120. The molecule has 1 fully saturated rings. The van der Waals surface area contributed by atoms with E-state index in [1.807, 2.05) is 30.3 Å². The Labute approximate surface area is 135 Å². The second-order valence-electron chi connectivity index (χ2n) is 5.40. The van der Waals surface area contributed by atoms with Crippen LogP contribution in [0.4, 0.5) is 0 Å². The van der Waals surface area contributed by atoms with E-state index in [0.29, 0.717) is 10.7 Å². The highest BCUT2D eigenvalue weighted by molar-refractivity contribution is 8.00. The van der Waals surface area contributed by atoms with Gasteiger partial charge in [0.15, 0.2) is 0 Å². The molecule has 1 aromatic rings. The van der Waals surface area contributed by atoms with Gasteiger partial charge in [-0.25, -0.2) is 0 Å². The largest absolute Gasteiger partial charge is 0.391 e. The third-order valence-corrected chi connectivity index (χ3v) is 5.21. The minimum absolute atomic E-state index is 0.0128. The summed E-state index contributed by atoms with van der Waals surface area (Å²) in [5.74, 6) is 0.366. The Bertz CT molecular complexity index is 499. The summed E-state index contributed by atoms with van der Waals surface area (Å²) in [6, 6.07) is 9.89. The van der Waals surface area contributed by atoms with E-state index in [1.165, 1.54) is 11.8 Å². The predicted octanol–water partition coefficient (Wildman–Crippen LogP) is 1.65. The molecule has 1 amide bonds. The summed E-state index contributed by atoms with van der Waals surface area (Å²) in [5.41, 5.74) is 5.38. The summed E-state index contributed by atoms with van der Waals surface area (Å²) in [7, 11) is 2.07. The maximum atomic E-state index is 12.2. The third-order valence-electron chi connectivity index (χ3n) is 3.80. The van der Waals surface area contributed by atoms with Crippen molar-refractivity contribution < 1.29 is 4.79 Å². The van der Waals surface area contributed by atoms with E-state index in [0.717, 1.165) is 30.8 Å². The fourth-order valence-corrected chi connectivity index (χ4v) is 3.38. The van der Waals surface area contributed by atoms with E-state index >= 15 is 0 Å². The first-order valence-corrected chi connectivity index (χ1v) is 8.38. The smallest absolute Gasteiger partial charge is 0.231 e. The average molecular weight is 323 g/mol. The number of piperidine rings is 1. The van der Waals surface area contributed by atoms with Crippen LogP contribution >= 0.6 is 24.0 Å². The molecule has 0 radical (unpaired) electrons. The zero-order valence-electron chi connectivity index (χ0n) is 12.2. The van der Waals surface area contributed by atoms with E-state index in [1.54, 1.807) is 0 Å². The Morgan fingerprint density at radius 1 is 1.38 bits per heavy atom. The SMILES string of the molecule is CN1CCC(NC(=O)CSc2ccccc2)(C(N)=S)CC1. The first-order chi connectivity index (χ1) is 10.0. The Morgan fingerprint density at radius 2 is 2.00 bits per heavy atom.